The molecule has 6 nitrogen and oxygen atoms in total. The first-order chi connectivity index (χ1) is 7.72. The van der Waals surface area contributed by atoms with E-state index in [0.717, 1.165) is 11.3 Å². The first kappa shape index (κ1) is 10.2. The highest BCUT2D eigenvalue weighted by atomic mass is 16.6. The van der Waals surface area contributed by atoms with Crippen molar-refractivity contribution in [2.24, 2.45) is 0 Å². The van der Waals surface area contributed by atoms with Crippen LogP contribution in [0.25, 0.3) is 11.3 Å². The Kier molecular flexibility index (Phi) is 2.55. The van der Waals surface area contributed by atoms with Crippen molar-refractivity contribution in [3.63, 3.8) is 0 Å². The van der Waals surface area contributed by atoms with Crippen molar-refractivity contribution in [3.8, 4) is 17.0 Å². The molecule has 0 unspecified atom stereocenters. The summed E-state index contributed by atoms with van der Waals surface area (Å²) in [6.45, 7) is 0. The number of nitro benzene ring substituents is 1. The Balaban J connectivity index is 2.49. The number of ether oxygens (including phenoxy) is 1. The molecule has 0 bridgehead atoms. The Morgan fingerprint density at radius 1 is 1.50 bits per heavy atom. The van der Waals surface area contributed by atoms with Crippen LogP contribution in [0.15, 0.2) is 30.7 Å². The number of hydrogen-bond donors (Lipinski definition) is 1. The lowest BCUT2D eigenvalue weighted by atomic mass is 10.1. The zero-order valence-corrected chi connectivity index (χ0v) is 8.51. The minimum absolute atomic E-state index is 0.0502. The summed E-state index contributed by atoms with van der Waals surface area (Å²) in [7, 11) is 1.40. The second-order valence-electron chi connectivity index (χ2n) is 3.11. The van der Waals surface area contributed by atoms with Crippen molar-refractivity contribution in [1.82, 2.24) is 9.97 Å². The number of aromatic nitrogens is 2. The largest absolute Gasteiger partial charge is 0.490 e. The van der Waals surface area contributed by atoms with Crippen molar-refractivity contribution in [3.05, 3.63) is 40.8 Å². The molecule has 0 spiro atoms. The van der Waals surface area contributed by atoms with Crippen LogP contribution in [0.3, 0.4) is 0 Å². The Morgan fingerprint density at radius 2 is 2.31 bits per heavy atom. The average Bonchev–Trinajstić information content (AvgIpc) is 2.81. The van der Waals surface area contributed by atoms with Gasteiger partial charge in [-0.25, -0.2) is 4.98 Å². The van der Waals surface area contributed by atoms with Gasteiger partial charge in [-0.3, -0.25) is 10.1 Å². The van der Waals surface area contributed by atoms with Gasteiger partial charge >= 0.3 is 5.69 Å². The lowest BCUT2D eigenvalue weighted by molar-refractivity contribution is -0.385. The molecule has 1 heterocycles. The van der Waals surface area contributed by atoms with E-state index in [2.05, 4.69) is 9.97 Å². The molecule has 16 heavy (non-hydrogen) atoms. The predicted molar refractivity (Wildman–Crippen MR) is 57.2 cm³/mol. The Hall–Kier alpha value is -2.37. The van der Waals surface area contributed by atoms with Crippen molar-refractivity contribution >= 4 is 5.69 Å². The fourth-order valence-corrected chi connectivity index (χ4v) is 1.41. The van der Waals surface area contributed by atoms with E-state index in [-0.39, 0.29) is 11.4 Å². The number of nitro groups is 1. The molecule has 0 amide bonds. The maximum Gasteiger partial charge on any atom is 0.310 e. The number of methoxy groups -OCH3 is 1. The fraction of sp³-hybridized carbons (Fsp3) is 0.100. The standard InChI is InChI=1S/C10H9N3O3/c1-16-10-4-7(8-5-11-6-12-8)2-3-9(10)13(14)15/h2-6H,1H3,(H,11,12). The number of nitrogens with zero attached hydrogens (tertiary/aromatic N) is 2. The second-order valence-corrected chi connectivity index (χ2v) is 3.11. The molecule has 0 radical (unpaired) electrons. The van der Waals surface area contributed by atoms with Crippen molar-refractivity contribution in [1.29, 1.82) is 0 Å². The van der Waals surface area contributed by atoms with Crippen LogP contribution in [-0.4, -0.2) is 22.0 Å². The van der Waals surface area contributed by atoms with Crippen LogP contribution in [0.2, 0.25) is 0 Å². The second kappa shape index (κ2) is 4.01. The quantitative estimate of drug-likeness (QED) is 0.632. The molecule has 0 aliphatic carbocycles. The molecule has 1 N–H and O–H groups in total. The van der Waals surface area contributed by atoms with Gasteiger partial charge in [0, 0.05) is 11.6 Å². The summed E-state index contributed by atoms with van der Waals surface area (Å²) in [4.78, 5) is 17.0. The Labute approximate surface area is 91.0 Å². The Morgan fingerprint density at radius 3 is 2.88 bits per heavy atom. The summed E-state index contributed by atoms with van der Waals surface area (Å²) in [6, 6.07) is 4.66. The number of imidazole rings is 1. The number of rotatable bonds is 3. The van der Waals surface area contributed by atoms with Gasteiger partial charge in [0.25, 0.3) is 0 Å². The van der Waals surface area contributed by atoms with Crippen LogP contribution < -0.4 is 4.74 Å². The topological polar surface area (TPSA) is 81.0 Å². The predicted octanol–water partition coefficient (Wildman–Crippen LogP) is 1.99. The maximum absolute atomic E-state index is 10.7. The molecular weight excluding hydrogens is 210 g/mol. The fourth-order valence-electron chi connectivity index (χ4n) is 1.41. The smallest absolute Gasteiger partial charge is 0.310 e. The molecule has 82 valence electrons. The third-order valence-corrected chi connectivity index (χ3v) is 2.19. The van der Waals surface area contributed by atoms with Gasteiger partial charge in [0.1, 0.15) is 0 Å². The van der Waals surface area contributed by atoms with E-state index in [0.29, 0.717) is 0 Å². The zero-order valence-electron chi connectivity index (χ0n) is 8.51. The number of H-pyrrole nitrogens is 1. The molecular formula is C10H9N3O3. The summed E-state index contributed by atoms with van der Waals surface area (Å²) >= 11 is 0. The van der Waals surface area contributed by atoms with E-state index in [1.165, 1.54) is 13.2 Å². The molecule has 0 aliphatic rings. The van der Waals surface area contributed by atoms with E-state index < -0.39 is 4.92 Å². The van der Waals surface area contributed by atoms with Gasteiger partial charge in [-0.15, -0.1) is 0 Å². The van der Waals surface area contributed by atoms with Gasteiger partial charge in [0.15, 0.2) is 5.75 Å². The van der Waals surface area contributed by atoms with E-state index >= 15 is 0 Å². The molecule has 0 fully saturated rings. The molecule has 0 atom stereocenters. The van der Waals surface area contributed by atoms with Gasteiger partial charge < -0.3 is 9.72 Å². The molecule has 6 heteroatoms. The molecule has 1 aromatic heterocycles. The SMILES string of the molecule is COc1cc(-c2cnc[nH]2)ccc1[N+](=O)[O-]. The van der Waals surface area contributed by atoms with E-state index in [1.54, 1.807) is 24.7 Å². The zero-order chi connectivity index (χ0) is 11.5. The summed E-state index contributed by atoms with van der Waals surface area (Å²) < 4.78 is 4.97. The molecule has 2 rings (SSSR count). The van der Waals surface area contributed by atoms with Gasteiger partial charge in [0.2, 0.25) is 0 Å². The number of benzene rings is 1. The van der Waals surface area contributed by atoms with Crippen LogP contribution in [-0.2, 0) is 0 Å². The van der Waals surface area contributed by atoms with Crippen LogP contribution in [0.5, 0.6) is 5.75 Å². The van der Waals surface area contributed by atoms with Crippen LogP contribution in [0.1, 0.15) is 0 Å². The normalized spacial score (nSPS) is 10.1. The van der Waals surface area contributed by atoms with Gasteiger partial charge in [0.05, 0.1) is 30.3 Å². The minimum atomic E-state index is -0.477. The van der Waals surface area contributed by atoms with Gasteiger partial charge in [-0.1, -0.05) is 0 Å². The summed E-state index contributed by atoms with van der Waals surface area (Å²) in [5.41, 5.74) is 1.53. The summed E-state index contributed by atoms with van der Waals surface area (Å²) in [5, 5.41) is 10.7. The third-order valence-electron chi connectivity index (χ3n) is 2.19. The first-order valence-electron chi connectivity index (χ1n) is 4.53. The highest BCUT2D eigenvalue weighted by Gasteiger charge is 2.15. The highest BCUT2D eigenvalue weighted by molar-refractivity contribution is 5.64. The van der Waals surface area contributed by atoms with Gasteiger partial charge in [-0.2, -0.15) is 0 Å². The van der Waals surface area contributed by atoms with Crippen molar-refractivity contribution in [2.75, 3.05) is 7.11 Å². The number of hydrogen-bond acceptors (Lipinski definition) is 4. The number of nitrogens with one attached hydrogen (secondary N) is 1. The van der Waals surface area contributed by atoms with Crippen molar-refractivity contribution < 1.29 is 9.66 Å². The number of aromatic amines is 1. The maximum atomic E-state index is 10.7. The molecule has 0 saturated carbocycles. The van der Waals surface area contributed by atoms with Crippen LogP contribution in [0.4, 0.5) is 5.69 Å². The molecule has 1 aromatic carbocycles. The highest BCUT2D eigenvalue weighted by Crippen LogP contribution is 2.31. The minimum Gasteiger partial charge on any atom is -0.490 e. The monoisotopic (exact) mass is 219 g/mol. The molecule has 0 saturated heterocycles. The van der Waals surface area contributed by atoms with Crippen molar-refractivity contribution in [2.45, 2.75) is 0 Å². The summed E-state index contributed by atoms with van der Waals surface area (Å²) in [6.07, 6.45) is 3.18. The van der Waals surface area contributed by atoms with E-state index in [1.807, 2.05) is 0 Å². The first-order valence-corrected chi connectivity index (χ1v) is 4.53. The molecule has 0 aliphatic heterocycles. The molecule has 2 aromatic rings. The third kappa shape index (κ3) is 1.72. The lowest BCUT2D eigenvalue weighted by Gasteiger charge is -2.03. The summed E-state index contributed by atoms with van der Waals surface area (Å²) in [5.74, 6) is 0.233. The Bertz CT molecular complexity index is 508. The van der Waals surface area contributed by atoms with Gasteiger partial charge in [-0.05, 0) is 12.1 Å². The van der Waals surface area contributed by atoms with Crippen LogP contribution in [0, 0.1) is 10.1 Å². The van der Waals surface area contributed by atoms with Crippen LogP contribution >= 0.6 is 0 Å². The van der Waals surface area contributed by atoms with E-state index in [4.69, 9.17) is 4.74 Å². The lowest BCUT2D eigenvalue weighted by Crippen LogP contribution is -1.93. The average molecular weight is 219 g/mol. The van der Waals surface area contributed by atoms with E-state index in [9.17, 15) is 10.1 Å².